The van der Waals surface area contributed by atoms with Crippen LogP contribution in [-0.4, -0.2) is 32.4 Å². The average Bonchev–Trinajstić information content (AvgIpc) is 3.47. The maximum atomic E-state index is 12.5. The van der Waals surface area contributed by atoms with Gasteiger partial charge in [0.05, 0.1) is 0 Å². The van der Waals surface area contributed by atoms with Crippen molar-refractivity contribution in [3.05, 3.63) is 78.9 Å². The lowest BCUT2D eigenvalue weighted by Crippen LogP contribution is -2.11. The van der Waals surface area contributed by atoms with Gasteiger partial charge in [-0.3, -0.25) is 4.79 Å². The van der Waals surface area contributed by atoms with Gasteiger partial charge in [0.1, 0.15) is 12.1 Å². The fraction of sp³-hybridized carbons (Fsp3) is 0.0476. The summed E-state index contributed by atoms with van der Waals surface area (Å²) in [5.74, 6) is 2.49. The van der Waals surface area contributed by atoms with E-state index in [0.29, 0.717) is 40.2 Å². The molecule has 0 spiro atoms. The van der Waals surface area contributed by atoms with Gasteiger partial charge in [0, 0.05) is 29.7 Å². The second-order valence-electron chi connectivity index (χ2n) is 6.31. The highest BCUT2D eigenvalue weighted by atomic mass is 16.7. The number of rotatable bonds is 5. The zero-order valence-electron chi connectivity index (χ0n) is 15.6. The number of nitrogens with zero attached hydrogens (tertiary/aromatic N) is 4. The Balaban J connectivity index is 1.26. The largest absolute Gasteiger partial charge is 0.454 e. The molecule has 1 N–H and O–H groups in total. The number of anilines is 1. The molecule has 1 amide bonds. The van der Waals surface area contributed by atoms with Crippen molar-refractivity contribution in [1.29, 1.82) is 0 Å². The van der Waals surface area contributed by atoms with Crippen LogP contribution in [0.25, 0.3) is 5.82 Å². The number of hydrogen-bond donors (Lipinski definition) is 1. The second kappa shape index (κ2) is 7.55. The minimum absolute atomic E-state index is 0.164. The molecule has 0 saturated carbocycles. The fourth-order valence-corrected chi connectivity index (χ4v) is 2.88. The number of benzene rings is 2. The predicted molar refractivity (Wildman–Crippen MR) is 106 cm³/mol. The highest BCUT2D eigenvalue weighted by molar-refractivity contribution is 6.04. The SMILES string of the molecule is O=C(Nc1ccc(Oc2cc(-n3cccn3)ncn2)cc1)c1ccc2c(c1)OCO2. The Bertz CT molecular complexity index is 1190. The molecule has 0 unspecified atom stereocenters. The lowest BCUT2D eigenvalue weighted by atomic mass is 10.2. The molecule has 0 fully saturated rings. The normalized spacial score (nSPS) is 11.9. The van der Waals surface area contributed by atoms with Gasteiger partial charge < -0.3 is 19.5 Å². The van der Waals surface area contributed by atoms with E-state index >= 15 is 0 Å². The van der Waals surface area contributed by atoms with Gasteiger partial charge in [-0.05, 0) is 48.5 Å². The van der Waals surface area contributed by atoms with Crippen molar-refractivity contribution in [2.24, 2.45) is 0 Å². The van der Waals surface area contributed by atoms with Crippen LogP contribution in [0.15, 0.2) is 73.3 Å². The molecule has 5 rings (SSSR count). The molecule has 0 radical (unpaired) electrons. The predicted octanol–water partition coefficient (Wildman–Crippen LogP) is 3.44. The molecule has 1 aliphatic heterocycles. The molecule has 2 aromatic heterocycles. The first-order chi connectivity index (χ1) is 14.7. The first-order valence-electron chi connectivity index (χ1n) is 9.06. The summed E-state index contributed by atoms with van der Waals surface area (Å²) in [4.78, 5) is 20.8. The van der Waals surface area contributed by atoms with E-state index < -0.39 is 0 Å². The maximum absolute atomic E-state index is 12.5. The van der Waals surface area contributed by atoms with Crippen LogP contribution < -0.4 is 19.5 Å². The summed E-state index contributed by atoms with van der Waals surface area (Å²) in [6.45, 7) is 0.164. The third kappa shape index (κ3) is 3.63. The number of fused-ring (bicyclic) bond motifs is 1. The van der Waals surface area contributed by atoms with E-state index in [9.17, 15) is 4.79 Å². The summed E-state index contributed by atoms with van der Waals surface area (Å²) in [7, 11) is 0. The van der Waals surface area contributed by atoms with E-state index in [1.54, 1.807) is 71.7 Å². The highest BCUT2D eigenvalue weighted by Crippen LogP contribution is 2.32. The van der Waals surface area contributed by atoms with Crippen molar-refractivity contribution >= 4 is 11.6 Å². The third-order valence-electron chi connectivity index (χ3n) is 4.34. The van der Waals surface area contributed by atoms with E-state index in [1.807, 2.05) is 0 Å². The number of amides is 1. The molecule has 30 heavy (non-hydrogen) atoms. The number of hydrogen-bond acceptors (Lipinski definition) is 7. The smallest absolute Gasteiger partial charge is 0.255 e. The van der Waals surface area contributed by atoms with Crippen LogP contribution in [0, 0.1) is 0 Å². The number of nitrogens with one attached hydrogen (secondary N) is 1. The van der Waals surface area contributed by atoms with Gasteiger partial charge >= 0.3 is 0 Å². The zero-order valence-corrected chi connectivity index (χ0v) is 15.6. The molecular weight excluding hydrogens is 386 g/mol. The van der Waals surface area contributed by atoms with Crippen molar-refractivity contribution in [1.82, 2.24) is 19.7 Å². The van der Waals surface area contributed by atoms with Gasteiger partial charge in [-0.15, -0.1) is 0 Å². The van der Waals surface area contributed by atoms with Gasteiger partial charge in [0.25, 0.3) is 5.91 Å². The molecule has 0 bridgehead atoms. The van der Waals surface area contributed by atoms with Crippen molar-refractivity contribution in [3.63, 3.8) is 0 Å². The lowest BCUT2D eigenvalue weighted by molar-refractivity contribution is 0.102. The van der Waals surface area contributed by atoms with Crippen LogP contribution >= 0.6 is 0 Å². The van der Waals surface area contributed by atoms with Gasteiger partial charge in [-0.1, -0.05) is 0 Å². The maximum Gasteiger partial charge on any atom is 0.255 e. The Kier molecular flexibility index (Phi) is 4.45. The van der Waals surface area contributed by atoms with Crippen LogP contribution in [-0.2, 0) is 0 Å². The Hall–Kier alpha value is -4.40. The first-order valence-corrected chi connectivity index (χ1v) is 9.06. The van der Waals surface area contributed by atoms with Crippen molar-refractivity contribution in [3.8, 4) is 28.9 Å². The molecule has 2 aromatic carbocycles. The van der Waals surface area contributed by atoms with Crippen molar-refractivity contribution < 1.29 is 19.0 Å². The lowest BCUT2D eigenvalue weighted by Gasteiger charge is -2.09. The molecule has 148 valence electrons. The molecule has 0 atom stereocenters. The van der Waals surface area contributed by atoms with Crippen LogP contribution in [0.1, 0.15) is 10.4 Å². The third-order valence-corrected chi connectivity index (χ3v) is 4.34. The van der Waals surface area contributed by atoms with Gasteiger partial charge in [0.15, 0.2) is 17.3 Å². The van der Waals surface area contributed by atoms with Crippen molar-refractivity contribution in [2.45, 2.75) is 0 Å². The minimum atomic E-state index is -0.248. The van der Waals surface area contributed by atoms with Crippen LogP contribution in [0.4, 0.5) is 5.69 Å². The van der Waals surface area contributed by atoms with Gasteiger partial charge in [-0.2, -0.15) is 5.10 Å². The van der Waals surface area contributed by atoms with Gasteiger partial charge in [-0.25, -0.2) is 14.6 Å². The molecule has 1 aliphatic rings. The monoisotopic (exact) mass is 401 g/mol. The molecule has 9 nitrogen and oxygen atoms in total. The van der Waals surface area contributed by atoms with Gasteiger partial charge in [0.2, 0.25) is 12.7 Å². The molecule has 4 aromatic rings. The molecule has 9 heteroatoms. The summed E-state index contributed by atoms with van der Waals surface area (Å²) < 4.78 is 18.0. The number of carbonyl (C=O) groups excluding carboxylic acids is 1. The average molecular weight is 401 g/mol. The summed E-state index contributed by atoms with van der Waals surface area (Å²) >= 11 is 0. The Morgan fingerprint density at radius 2 is 1.90 bits per heavy atom. The second-order valence-corrected chi connectivity index (χ2v) is 6.31. The van der Waals surface area contributed by atoms with E-state index in [1.165, 1.54) is 6.33 Å². The summed E-state index contributed by atoms with van der Waals surface area (Å²) in [6.07, 6.45) is 4.86. The number of ether oxygens (including phenoxy) is 3. The first kappa shape index (κ1) is 17.7. The minimum Gasteiger partial charge on any atom is -0.454 e. The Morgan fingerprint density at radius 3 is 2.73 bits per heavy atom. The summed E-state index contributed by atoms with van der Waals surface area (Å²) in [6, 6.07) is 15.5. The van der Waals surface area contributed by atoms with Crippen LogP contribution in [0.5, 0.6) is 23.1 Å². The number of carbonyl (C=O) groups is 1. The van der Waals surface area contributed by atoms with E-state index in [2.05, 4.69) is 20.4 Å². The summed E-state index contributed by atoms with van der Waals surface area (Å²) in [5, 5.41) is 6.97. The van der Waals surface area contributed by atoms with E-state index in [-0.39, 0.29) is 12.7 Å². The van der Waals surface area contributed by atoms with E-state index in [0.717, 1.165) is 0 Å². The van der Waals surface area contributed by atoms with Crippen LogP contribution in [0.3, 0.4) is 0 Å². The van der Waals surface area contributed by atoms with Crippen LogP contribution in [0.2, 0.25) is 0 Å². The zero-order chi connectivity index (χ0) is 20.3. The highest BCUT2D eigenvalue weighted by Gasteiger charge is 2.16. The quantitative estimate of drug-likeness (QED) is 0.547. The Morgan fingerprint density at radius 1 is 1.03 bits per heavy atom. The molecule has 3 heterocycles. The molecule has 0 saturated heterocycles. The summed E-state index contributed by atoms with van der Waals surface area (Å²) in [5.41, 5.74) is 1.11. The number of aromatic nitrogens is 4. The molecular formula is C21H15N5O4. The van der Waals surface area contributed by atoms with Crippen molar-refractivity contribution in [2.75, 3.05) is 12.1 Å². The Labute approximate surface area is 170 Å². The topological polar surface area (TPSA) is 100 Å². The molecule has 0 aliphatic carbocycles. The van der Waals surface area contributed by atoms with E-state index in [4.69, 9.17) is 14.2 Å². The standard InChI is InChI=1S/C21H15N5O4/c27-21(14-2-7-17-18(10-14)29-13-28-17)25-15-3-5-16(6-4-15)30-20-11-19(22-12-23-20)26-9-1-8-24-26/h1-12H,13H2,(H,25,27). The fourth-order valence-electron chi connectivity index (χ4n) is 2.88.